The van der Waals surface area contributed by atoms with Crippen molar-refractivity contribution in [2.75, 3.05) is 11.9 Å². The molecule has 1 aliphatic rings. The van der Waals surface area contributed by atoms with Crippen LogP contribution in [0.15, 0.2) is 66.7 Å². The second-order valence-corrected chi connectivity index (χ2v) is 9.08. The third kappa shape index (κ3) is 5.30. The molecule has 176 valence electrons. The number of hydrogen-bond donors (Lipinski definition) is 3. The summed E-state index contributed by atoms with van der Waals surface area (Å²) in [5.41, 5.74) is 5.25. The highest BCUT2D eigenvalue weighted by molar-refractivity contribution is 14.1. The lowest BCUT2D eigenvalue weighted by atomic mass is 9.98. The van der Waals surface area contributed by atoms with Crippen LogP contribution in [-0.2, 0) is 9.53 Å². The van der Waals surface area contributed by atoms with Crippen LogP contribution in [0.4, 0.5) is 10.5 Å². The van der Waals surface area contributed by atoms with Crippen LogP contribution in [0.2, 0.25) is 0 Å². The molecular weight excluding hydrogens is 559 g/mol. The number of nitrogens with one attached hydrogen (secondary N) is 2. The van der Waals surface area contributed by atoms with Crippen LogP contribution in [0.3, 0.4) is 0 Å². The van der Waals surface area contributed by atoms with Gasteiger partial charge in [-0.15, -0.1) is 12.3 Å². The van der Waals surface area contributed by atoms with Gasteiger partial charge in [-0.1, -0.05) is 48.5 Å². The third-order valence-electron chi connectivity index (χ3n) is 5.74. The van der Waals surface area contributed by atoms with Gasteiger partial charge in [-0.3, -0.25) is 10.1 Å². The molecule has 0 saturated heterocycles. The van der Waals surface area contributed by atoms with Gasteiger partial charge in [-0.2, -0.15) is 0 Å². The maximum atomic E-state index is 12.6. The number of hydrogen-bond acceptors (Lipinski definition) is 4. The van der Waals surface area contributed by atoms with Crippen molar-refractivity contribution in [3.8, 4) is 23.5 Å². The fraction of sp³-hybridized carbons (Fsp3) is 0.148. The number of carbonyl (C=O) groups is 3. The van der Waals surface area contributed by atoms with Crippen LogP contribution >= 0.6 is 22.6 Å². The quantitative estimate of drug-likeness (QED) is 0.274. The monoisotopic (exact) mass is 580 g/mol. The number of ether oxygens (including phenoxy) is 1. The first kappa shape index (κ1) is 24.3. The first-order chi connectivity index (χ1) is 16.9. The zero-order chi connectivity index (χ0) is 24.9. The van der Waals surface area contributed by atoms with Crippen molar-refractivity contribution >= 4 is 46.2 Å². The molecule has 0 bridgehead atoms. The molecule has 0 spiro atoms. The Hall–Kier alpha value is -3.84. The molecule has 8 heteroatoms. The normalized spacial score (nSPS) is 12.6. The van der Waals surface area contributed by atoms with Gasteiger partial charge in [0.15, 0.2) is 0 Å². The summed E-state index contributed by atoms with van der Waals surface area (Å²) >= 11 is 1.98. The van der Waals surface area contributed by atoms with E-state index in [0.717, 1.165) is 22.3 Å². The highest BCUT2D eigenvalue weighted by atomic mass is 127. The molecule has 0 aromatic heterocycles. The minimum Gasteiger partial charge on any atom is -0.480 e. The summed E-state index contributed by atoms with van der Waals surface area (Å²) in [6.45, 7) is 0.183. The van der Waals surface area contributed by atoms with Crippen LogP contribution in [0.25, 0.3) is 11.1 Å². The summed E-state index contributed by atoms with van der Waals surface area (Å²) < 4.78 is 6.16. The standard InChI is InChI=1S/C27H21IN2O5/c1-2-7-24(26(32)33)29-25(31)16-12-13-23(22(28)14-16)30-27(34)35-15-21-19-10-5-3-8-17(19)18-9-4-6-11-20(18)21/h1,3-6,8-14,21,24H,7,15H2,(H,29,31)(H,30,34)(H,32,33). The highest BCUT2D eigenvalue weighted by Gasteiger charge is 2.29. The largest absolute Gasteiger partial charge is 0.480 e. The number of anilines is 1. The summed E-state index contributed by atoms with van der Waals surface area (Å²) in [7, 11) is 0. The van der Waals surface area contributed by atoms with E-state index in [0.29, 0.717) is 9.26 Å². The Morgan fingerprint density at radius 2 is 1.66 bits per heavy atom. The summed E-state index contributed by atoms with van der Waals surface area (Å²) in [4.78, 5) is 36.2. The van der Waals surface area contributed by atoms with E-state index in [2.05, 4.69) is 28.7 Å². The van der Waals surface area contributed by atoms with Crippen molar-refractivity contribution in [3.05, 3.63) is 87.0 Å². The number of rotatable bonds is 7. The SMILES string of the molecule is C#CCC(NC(=O)c1ccc(NC(=O)OCC2c3ccccc3-c3ccccc32)c(I)c1)C(=O)O. The van der Waals surface area contributed by atoms with Crippen LogP contribution in [0.5, 0.6) is 0 Å². The first-order valence-corrected chi connectivity index (χ1v) is 11.9. The number of carboxylic acid groups (broad SMARTS) is 1. The van der Waals surface area contributed by atoms with Crippen LogP contribution in [0.1, 0.15) is 33.8 Å². The molecule has 0 fully saturated rings. The zero-order valence-corrected chi connectivity index (χ0v) is 20.6. The summed E-state index contributed by atoms with van der Waals surface area (Å²) in [6, 6.07) is 19.6. The summed E-state index contributed by atoms with van der Waals surface area (Å²) in [6.07, 6.45) is 4.43. The Balaban J connectivity index is 1.40. The second kappa shape index (κ2) is 10.6. The molecule has 3 aromatic rings. The summed E-state index contributed by atoms with van der Waals surface area (Å²) in [5.74, 6) is 0.401. The number of carbonyl (C=O) groups excluding carboxylic acids is 2. The lowest BCUT2D eigenvalue weighted by Gasteiger charge is -2.15. The van der Waals surface area contributed by atoms with Gasteiger partial charge in [-0.05, 0) is 63.0 Å². The number of halogens is 1. The van der Waals surface area contributed by atoms with Gasteiger partial charge in [0, 0.05) is 21.5 Å². The Morgan fingerprint density at radius 3 is 2.23 bits per heavy atom. The second-order valence-electron chi connectivity index (χ2n) is 7.92. The molecule has 1 aliphatic carbocycles. The average Bonchev–Trinajstić information content (AvgIpc) is 3.17. The molecule has 3 N–H and O–H groups in total. The number of carboxylic acids is 1. The van der Waals surface area contributed by atoms with Crippen molar-refractivity contribution < 1.29 is 24.2 Å². The van der Waals surface area contributed by atoms with Gasteiger partial charge in [0.25, 0.3) is 5.91 Å². The van der Waals surface area contributed by atoms with Crippen molar-refractivity contribution in [2.45, 2.75) is 18.4 Å². The first-order valence-electron chi connectivity index (χ1n) is 10.8. The minimum atomic E-state index is -1.21. The topological polar surface area (TPSA) is 105 Å². The van der Waals surface area contributed by atoms with Crippen molar-refractivity contribution in [1.29, 1.82) is 0 Å². The van der Waals surface area contributed by atoms with E-state index in [1.165, 1.54) is 6.07 Å². The molecule has 1 unspecified atom stereocenters. The van der Waals surface area contributed by atoms with E-state index in [-0.39, 0.29) is 24.5 Å². The third-order valence-corrected chi connectivity index (χ3v) is 6.63. The Morgan fingerprint density at radius 1 is 1.03 bits per heavy atom. The van der Waals surface area contributed by atoms with Crippen LogP contribution in [-0.4, -0.2) is 35.7 Å². The Bertz CT molecular complexity index is 1300. The van der Waals surface area contributed by atoms with Gasteiger partial charge in [0.2, 0.25) is 0 Å². The van der Waals surface area contributed by atoms with Gasteiger partial charge >= 0.3 is 12.1 Å². The average molecular weight is 580 g/mol. The fourth-order valence-electron chi connectivity index (χ4n) is 4.06. The smallest absolute Gasteiger partial charge is 0.411 e. The molecule has 0 radical (unpaired) electrons. The molecule has 4 rings (SSSR count). The highest BCUT2D eigenvalue weighted by Crippen LogP contribution is 2.44. The Kier molecular flexibility index (Phi) is 7.36. The predicted octanol–water partition coefficient (Wildman–Crippen LogP) is 4.86. The number of aliphatic carboxylic acids is 1. The summed E-state index contributed by atoms with van der Waals surface area (Å²) in [5, 5.41) is 14.3. The van der Waals surface area contributed by atoms with E-state index >= 15 is 0 Å². The zero-order valence-electron chi connectivity index (χ0n) is 18.5. The van der Waals surface area contributed by atoms with Gasteiger partial charge in [0.05, 0.1) is 5.69 Å². The fourth-order valence-corrected chi connectivity index (χ4v) is 4.71. The molecule has 35 heavy (non-hydrogen) atoms. The van der Waals surface area contributed by atoms with Crippen molar-refractivity contribution in [2.24, 2.45) is 0 Å². The number of terminal acetylenes is 1. The minimum absolute atomic E-state index is 0.0523. The predicted molar refractivity (Wildman–Crippen MR) is 140 cm³/mol. The van der Waals surface area contributed by atoms with Crippen LogP contribution in [0, 0.1) is 15.9 Å². The van der Waals surface area contributed by atoms with Gasteiger partial charge in [-0.25, -0.2) is 9.59 Å². The number of fused-ring (bicyclic) bond motifs is 3. The molecule has 0 heterocycles. The van der Waals surface area contributed by atoms with Crippen LogP contribution < -0.4 is 10.6 Å². The molecule has 7 nitrogen and oxygen atoms in total. The lowest BCUT2D eigenvalue weighted by Crippen LogP contribution is -2.40. The molecule has 3 aromatic carbocycles. The molecule has 0 aliphatic heterocycles. The maximum Gasteiger partial charge on any atom is 0.411 e. The molecule has 2 amide bonds. The number of amides is 2. The molecular formula is C27H21IN2O5. The van der Waals surface area contributed by atoms with Crippen molar-refractivity contribution in [3.63, 3.8) is 0 Å². The van der Waals surface area contributed by atoms with E-state index in [9.17, 15) is 14.4 Å². The van der Waals surface area contributed by atoms with E-state index < -0.39 is 24.0 Å². The van der Waals surface area contributed by atoms with E-state index in [4.69, 9.17) is 16.3 Å². The number of benzene rings is 3. The molecule has 1 atom stereocenters. The van der Waals surface area contributed by atoms with Gasteiger partial charge in [0.1, 0.15) is 12.6 Å². The van der Waals surface area contributed by atoms with Crippen molar-refractivity contribution in [1.82, 2.24) is 5.32 Å². The van der Waals surface area contributed by atoms with E-state index in [1.807, 2.05) is 59.0 Å². The van der Waals surface area contributed by atoms with Gasteiger partial charge < -0.3 is 15.2 Å². The maximum absolute atomic E-state index is 12.6. The lowest BCUT2D eigenvalue weighted by molar-refractivity contribution is -0.139. The Labute approximate surface area is 216 Å². The molecule has 0 saturated carbocycles. The van der Waals surface area contributed by atoms with E-state index in [1.54, 1.807) is 12.1 Å².